The smallest absolute Gasteiger partial charge is 0.306 e. The second kappa shape index (κ2) is 12.4. The van der Waals surface area contributed by atoms with Gasteiger partial charge in [0.1, 0.15) is 11.5 Å². The molecule has 2 amide bonds. The molecule has 0 bridgehead atoms. The Kier molecular flexibility index (Phi) is 9.01. The van der Waals surface area contributed by atoms with E-state index in [1.54, 1.807) is 30.3 Å². The third-order valence-corrected chi connectivity index (χ3v) is 5.39. The van der Waals surface area contributed by atoms with Crippen molar-refractivity contribution in [2.45, 2.75) is 40.0 Å². The molecule has 182 valence electrons. The van der Waals surface area contributed by atoms with Crippen LogP contribution < -0.4 is 15.4 Å². The standard InChI is InChI=1S/C28H30N2O5/c1-19-7-4-9-24(17-19)35-23-15-13-22(14-16-23)29-26(31)11-6-12-28(33)34-18-27(32)30-25-10-5-8-20(2)21(25)3/h4-5,7-10,13-17H,6,11-12,18H2,1-3H3,(H,29,31)(H,30,32). The van der Waals surface area contributed by atoms with Gasteiger partial charge >= 0.3 is 5.97 Å². The van der Waals surface area contributed by atoms with Crippen LogP contribution in [0.1, 0.15) is 36.0 Å². The topological polar surface area (TPSA) is 93.7 Å². The second-order valence-corrected chi connectivity index (χ2v) is 8.30. The van der Waals surface area contributed by atoms with E-state index >= 15 is 0 Å². The van der Waals surface area contributed by atoms with Crippen molar-refractivity contribution >= 4 is 29.2 Å². The number of benzene rings is 3. The van der Waals surface area contributed by atoms with Crippen molar-refractivity contribution in [1.82, 2.24) is 0 Å². The highest BCUT2D eigenvalue weighted by Crippen LogP contribution is 2.24. The van der Waals surface area contributed by atoms with Crippen LogP contribution in [0.2, 0.25) is 0 Å². The number of carbonyl (C=O) groups is 3. The van der Waals surface area contributed by atoms with Gasteiger partial charge in [-0.05, 0) is 86.3 Å². The van der Waals surface area contributed by atoms with Gasteiger partial charge in [0.15, 0.2) is 6.61 Å². The predicted octanol–water partition coefficient (Wildman–Crippen LogP) is 5.69. The Morgan fingerprint density at radius 2 is 1.51 bits per heavy atom. The summed E-state index contributed by atoms with van der Waals surface area (Å²) in [5, 5.41) is 5.53. The summed E-state index contributed by atoms with van der Waals surface area (Å²) in [5.74, 6) is 0.276. The molecule has 7 nitrogen and oxygen atoms in total. The zero-order chi connectivity index (χ0) is 25.2. The van der Waals surface area contributed by atoms with Crippen LogP contribution in [0.15, 0.2) is 66.7 Å². The molecule has 0 heterocycles. The fraction of sp³-hybridized carbons (Fsp3) is 0.250. The number of anilines is 2. The van der Waals surface area contributed by atoms with E-state index in [2.05, 4.69) is 10.6 Å². The summed E-state index contributed by atoms with van der Waals surface area (Å²) in [7, 11) is 0. The van der Waals surface area contributed by atoms with E-state index in [1.807, 2.05) is 57.2 Å². The van der Waals surface area contributed by atoms with Crippen LogP contribution in [-0.2, 0) is 19.1 Å². The summed E-state index contributed by atoms with van der Waals surface area (Å²) in [6.07, 6.45) is 0.524. The highest BCUT2D eigenvalue weighted by atomic mass is 16.5. The Balaban J connectivity index is 1.34. The average Bonchev–Trinajstić information content (AvgIpc) is 2.82. The van der Waals surface area contributed by atoms with Crippen LogP contribution in [0.25, 0.3) is 0 Å². The highest BCUT2D eigenvalue weighted by Gasteiger charge is 2.11. The molecule has 0 spiro atoms. The van der Waals surface area contributed by atoms with E-state index in [9.17, 15) is 14.4 Å². The summed E-state index contributed by atoms with van der Waals surface area (Å²) in [6, 6.07) is 20.4. The maximum absolute atomic E-state index is 12.2. The lowest BCUT2D eigenvalue weighted by Gasteiger charge is -2.10. The molecular formula is C28H30N2O5. The van der Waals surface area contributed by atoms with Gasteiger partial charge in [0.2, 0.25) is 5.91 Å². The Bertz CT molecular complexity index is 1190. The summed E-state index contributed by atoms with van der Waals surface area (Å²) in [5.41, 5.74) is 4.46. The van der Waals surface area contributed by atoms with Crippen molar-refractivity contribution < 1.29 is 23.9 Å². The molecule has 0 saturated carbocycles. The van der Waals surface area contributed by atoms with Gasteiger partial charge in [0.25, 0.3) is 5.91 Å². The molecule has 3 rings (SSSR count). The first kappa shape index (κ1) is 25.5. The Morgan fingerprint density at radius 1 is 0.771 bits per heavy atom. The van der Waals surface area contributed by atoms with Crippen molar-refractivity contribution in [2.24, 2.45) is 0 Å². The minimum Gasteiger partial charge on any atom is -0.457 e. The molecule has 0 aromatic heterocycles. The maximum Gasteiger partial charge on any atom is 0.306 e. The lowest BCUT2D eigenvalue weighted by atomic mass is 10.1. The van der Waals surface area contributed by atoms with Gasteiger partial charge in [-0.1, -0.05) is 24.3 Å². The maximum atomic E-state index is 12.2. The molecule has 0 saturated heterocycles. The average molecular weight is 475 g/mol. The summed E-state index contributed by atoms with van der Waals surface area (Å²) in [4.78, 5) is 36.1. The van der Waals surface area contributed by atoms with Crippen molar-refractivity contribution in [1.29, 1.82) is 0 Å². The molecule has 0 aliphatic carbocycles. The predicted molar refractivity (Wildman–Crippen MR) is 136 cm³/mol. The normalized spacial score (nSPS) is 10.4. The zero-order valence-electron chi connectivity index (χ0n) is 20.2. The fourth-order valence-corrected chi connectivity index (χ4v) is 3.33. The van der Waals surface area contributed by atoms with E-state index in [-0.39, 0.29) is 25.4 Å². The summed E-state index contributed by atoms with van der Waals surface area (Å²) < 4.78 is 10.8. The molecule has 0 unspecified atom stereocenters. The number of nitrogens with one attached hydrogen (secondary N) is 2. The summed E-state index contributed by atoms with van der Waals surface area (Å²) in [6.45, 7) is 5.50. The van der Waals surface area contributed by atoms with Gasteiger partial charge < -0.3 is 20.1 Å². The first-order chi connectivity index (χ1) is 16.8. The molecule has 3 aromatic rings. The Morgan fingerprint density at radius 3 is 2.26 bits per heavy atom. The van der Waals surface area contributed by atoms with Crippen molar-refractivity contribution in [3.63, 3.8) is 0 Å². The van der Waals surface area contributed by atoms with Crippen LogP contribution in [0.3, 0.4) is 0 Å². The van der Waals surface area contributed by atoms with E-state index in [1.165, 1.54) is 0 Å². The van der Waals surface area contributed by atoms with Gasteiger partial charge in [-0.25, -0.2) is 0 Å². The van der Waals surface area contributed by atoms with Gasteiger partial charge in [-0.3, -0.25) is 14.4 Å². The SMILES string of the molecule is Cc1cccc(Oc2ccc(NC(=O)CCCC(=O)OCC(=O)Nc3cccc(C)c3C)cc2)c1. The van der Waals surface area contributed by atoms with Crippen LogP contribution in [0, 0.1) is 20.8 Å². The lowest BCUT2D eigenvalue weighted by molar-refractivity contribution is -0.147. The molecule has 0 aliphatic heterocycles. The number of amides is 2. The first-order valence-corrected chi connectivity index (χ1v) is 11.5. The number of hydrogen-bond donors (Lipinski definition) is 2. The lowest BCUT2D eigenvalue weighted by Crippen LogP contribution is -2.21. The minimum atomic E-state index is -0.522. The van der Waals surface area contributed by atoms with Crippen molar-refractivity contribution in [3.8, 4) is 11.5 Å². The Labute approximate surface area is 205 Å². The van der Waals surface area contributed by atoms with Crippen LogP contribution in [-0.4, -0.2) is 24.4 Å². The third-order valence-electron chi connectivity index (χ3n) is 5.39. The van der Waals surface area contributed by atoms with Gasteiger partial charge in [-0.2, -0.15) is 0 Å². The molecule has 2 N–H and O–H groups in total. The van der Waals surface area contributed by atoms with E-state index < -0.39 is 11.9 Å². The molecule has 3 aromatic carbocycles. The van der Waals surface area contributed by atoms with Crippen LogP contribution >= 0.6 is 0 Å². The largest absolute Gasteiger partial charge is 0.457 e. The second-order valence-electron chi connectivity index (χ2n) is 8.30. The molecule has 0 atom stereocenters. The van der Waals surface area contributed by atoms with Gasteiger partial charge in [0.05, 0.1) is 0 Å². The van der Waals surface area contributed by atoms with Crippen LogP contribution in [0.4, 0.5) is 11.4 Å². The van der Waals surface area contributed by atoms with Crippen LogP contribution in [0.5, 0.6) is 11.5 Å². The van der Waals surface area contributed by atoms with E-state index in [0.29, 0.717) is 23.5 Å². The fourth-order valence-electron chi connectivity index (χ4n) is 3.33. The number of rotatable bonds is 10. The van der Waals surface area contributed by atoms with E-state index in [4.69, 9.17) is 9.47 Å². The van der Waals surface area contributed by atoms with Gasteiger partial charge in [-0.15, -0.1) is 0 Å². The number of aryl methyl sites for hydroxylation is 2. The third kappa shape index (κ3) is 8.30. The first-order valence-electron chi connectivity index (χ1n) is 11.5. The van der Waals surface area contributed by atoms with E-state index in [0.717, 1.165) is 22.4 Å². The summed E-state index contributed by atoms with van der Waals surface area (Å²) >= 11 is 0. The molecule has 35 heavy (non-hydrogen) atoms. The highest BCUT2D eigenvalue weighted by molar-refractivity contribution is 5.94. The number of ether oxygens (including phenoxy) is 2. The Hall–Kier alpha value is -4.13. The van der Waals surface area contributed by atoms with Crippen molar-refractivity contribution in [2.75, 3.05) is 17.2 Å². The molecule has 0 fully saturated rings. The monoisotopic (exact) mass is 474 g/mol. The number of carbonyl (C=O) groups excluding carboxylic acids is 3. The van der Waals surface area contributed by atoms with Crippen molar-refractivity contribution in [3.05, 3.63) is 83.4 Å². The quantitative estimate of drug-likeness (QED) is 0.368. The molecule has 0 radical (unpaired) electrons. The molecule has 0 aliphatic rings. The molecular weight excluding hydrogens is 444 g/mol. The minimum absolute atomic E-state index is 0.0491. The number of hydrogen-bond acceptors (Lipinski definition) is 5. The molecule has 7 heteroatoms. The number of esters is 1. The van der Waals surface area contributed by atoms with Gasteiger partial charge in [0, 0.05) is 24.2 Å². The zero-order valence-corrected chi connectivity index (χ0v) is 20.2.